The maximum absolute atomic E-state index is 12.1. The molecule has 0 unspecified atom stereocenters. The van der Waals surface area contributed by atoms with Crippen molar-refractivity contribution in [2.45, 2.75) is 26.7 Å². The number of benzene rings is 1. The highest BCUT2D eigenvalue weighted by Crippen LogP contribution is 2.13. The van der Waals surface area contributed by atoms with Gasteiger partial charge in [0.05, 0.1) is 5.52 Å². The lowest BCUT2D eigenvalue weighted by Crippen LogP contribution is -2.28. The van der Waals surface area contributed by atoms with Crippen LogP contribution in [0.2, 0.25) is 0 Å². The van der Waals surface area contributed by atoms with Crippen LogP contribution in [0.3, 0.4) is 0 Å². The Morgan fingerprint density at radius 1 is 1.26 bits per heavy atom. The molecular weight excluding hydrogens is 236 g/mol. The molecule has 1 aromatic heterocycles. The number of nitrogens with one attached hydrogen (secondary N) is 1. The maximum Gasteiger partial charge on any atom is 0.251 e. The van der Waals surface area contributed by atoms with Crippen molar-refractivity contribution in [3.63, 3.8) is 0 Å². The van der Waals surface area contributed by atoms with E-state index in [-0.39, 0.29) is 5.91 Å². The van der Waals surface area contributed by atoms with Gasteiger partial charge in [0.2, 0.25) is 0 Å². The minimum Gasteiger partial charge on any atom is -0.352 e. The summed E-state index contributed by atoms with van der Waals surface area (Å²) in [5.41, 5.74) is 1.62. The fraction of sp³-hybridized carbons (Fsp3) is 0.375. The zero-order chi connectivity index (χ0) is 13.7. The summed E-state index contributed by atoms with van der Waals surface area (Å²) in [5, 5.41) is 4.00. The average molecular weight is 256 g/mol. The summed E-state index contributed by atoms with van der Waals surface area (Å²) in [7, 11) is 0. The average Bonchev–Trinajstić information content (AvgIpc) is 2.47. The smallest absolute Gasteiger partial charge is 0.251 e. The topological polar surface area (TPSA) is 42.0 Å². The predicted molar refractivity (Wildman–Crippen MR) is 78.1 cm³/mol. The fourth-order valence-corrected chi connectivity index (χ4v) is 2.13. The first-order chi connectivity index (χ1) is 9.24. The van der Waals surface area contributed by atoms with Gasteiger partial charge in [0.25, 0.3) is 5.91 Å². The number of carbonyl (C=O) groups is 1. The van der Waals surface area contributed by atoms with Crippen molar-refractivity contribution in [3.8, 4) is 0 Å². The van der Waals surface area contributed by atoms with Crippen LogP contribution < -0.4 is 5.32 Å². The van der Waals surface area contributed by atoms with E-state index < -0.39 is 0 Å². The van der Waals surface area contributed by atoms with Gasteiger partial charge in [-0.25, -0.2) is 0 Å². The zero-order valence-electron chi connectivity index (χ0n) is 11.5. The van der Waals surface area contributed by atoms with Gasteiger partial charge in [0, 0.05) is 23.7 Å². The Kier molecular flexibility index (Phi) is 4.50. The molecule has 1 N–H and O–H groups in total. The molecule has 0 aliphatic rings. The molecule has 0 saturated carbocycles. The van der Waals surface area contributed by atoms with Gasteiger partial charge in [0.1, 0.15) is 0 Å². The summed E-state index contributed by atoms with van der Waals surface area (Å²) < 4.78 is 0. The molecule has 1 amide bonds. The van der Waals surface area contributed by atoms with Crippen molar-refractivity contribution in [2.24, 2.45) is 5.92 Å². The van der Waals surface area contributed by atoms with Crippen LogP contribution in [0.25, 0.3) is 10.9 Å². The van der Waals surface area contributed by atoms with Gasteiger partial charge in [0.15, 0.2) is 0 Å². The Labute approximate surface area is 114 Å². The van der Waals surface area contributed by atoms with Gasteiger partial charge >= 0.3 is 0 Å². The number of rotatable bonds is 5. The van der Waals surface area contributed by atoms with Crippen LogP contribution >= 0.6 is 0 Å². The van der Waals surface area contributed by atoms with E-state index in [4.69, 9.17) is 0 Å². The minimum absolute atomic E-state index is 0.00217. The summed E-state index contributed by atoms with van der Waals surface area (Å²) in [5.74, 6) is 0.559. The second-order valence-electron chi connectivity index (χ2n) is 4.80. The first kappa shape index (κ1) is 13.5. The van der Waals surface area contributed by atoms with E-state index in [1.807, 2.05) is 30.3 Å². The van der Waals surface area contributed by atoms with E-state index in [0.717, 1.165) is 30.3 Å². The van der Waals surface area contributed by atoms with Crippen LogP contribution in [0, 0.1) is 5.92 Å². The summed E-state index contributed by atoms with van der Waals surface area (Å²) in [6, 6.07) is 9.47. The predicted octanol–water partition coefficient (Wildman–Crippen LogP) is 3.40. The van der Waals surface area contributed by atoms with E-state index >= 15 is 0 Å². The molecule has 0 saturated heterocycles. The molecule has 2 aromatic rings. The highest BCUT2D eigenvalue weighted by atomic mass is 16.1. The standard InChI is InChI=1S/C16H20N2O/c1-3-12(4-2)11-18-16(19)14-7-8-15-13(10-14)6-5-9-17-15/h5-10,12H,3-4,11H2,1-2H3,(H,18,19). The Morgan fingerprint density at radius 3 is 2.79 bits per heavy atom. The van der Waals surface area contributed by atoms with Crippen molar-refractivity contribution >= 4 is 16.8 Å². The van der Waals surface area contributed by atoms with Crippen molar-refractivity contribution in [3.05, 3.63) is 42.1 Å². The number of amides is 1. The molecule has 100 valence electrons. The van der Waals surface area contributed by atoms with Crippen LogP contribution in [-0.4, -0.2) is 17.4 Å². The second-order valence-corrected chi connectivity index (χ2v) is 4.80. The Hall–Kier alpha value is -1.90. The van der Waals surface area contributed by atoms with Crippen LogP contribution in [0.5, 0.6) is 0 Å². The fourth-order valence-electron chi connectivity index (χ4n) is 2.13. The van der Waals surface area contributed by atoms with Crippen molar-refractivity contribution in [1.82, 2.24) is 10.3 Å². The molecule has 0 fully saturated rings. The highest BCUT2D eigenvalue weighted by molar-refractivity contribution is 5.97. The lowest BCUT2D eigenvalue weighted by atomic mass is 10.0. The Balaban J connectivity index is 2.09. The maximum atomic E-state index is 12.1. The third-order valence-corrected chi connectivity index (χ3v) is 3.57. The van der Waals surface area contributed by atoms with E-state index in [9.17, 15) is 4.79 Å². The van der Waals surface area contributed by atoms with Crippen LogP contribution in [0.1, 0.15) is 37.0 Å². The third-order valence-electron chi connectivity index (χ3n) is 3.57. The molecule has 1 heterocycles. The largest absolute Gasteiger partial charge is 0.352 e. The highest BCUT2D eigenvalue weighted by Gasteiger charge is 2.09. The molecule has 0 radical (unpaired) electrons. The van der Waals surface area contributed by atoms with Gasteiger partial charge in [-0.2, -0.15) is 0 Å². The summed E-state index contributed by atoms with van der Waals surface area (Å²) >= 11 is 0. The Morgan fingerprint density at radius 2 is 2.05 bits per heavy atom. The first-order valence-electron chi connectivity index (χ1n) is 6.87. The Bertz CT molecular complexity index is 561. The number of carbonyl (C=O) groups excluding carboxylic acids is 1. The van der Waals surface area contributed by atoms with E-state index in [1.165, 1.54) is 0 Å². The van der Waals surface area contributed by atoms with Crippen molar-refractivity contribution < 1.29 is 4.79 Å². The van der Waals surface area contributed by atoms with Crippen molar-refractivity contribution in [2.75, 3.05) is 6.54 Å². The second kappa shape index (κ2) is 6.32. The SMILES string of the molecule is CCC(CC)CNC(=O)c1ccc2ncccc2c1. The molecule has 0 atom stereocenters. The normalized spacial score (nSPS) is 10.9. The molecule has 1 aromatic carbocycles. The molecule has 3 heteroatoms. The monoisotopic (exact) mass is 256 g/mol. The lowest BCUT2D eigenvalue weighted by molar-refractivity contribution is 0.0946. The first-order valence-corrected chi connectivity index (χ1v) is 6.87. The quantitative estimate of drug-likeness (QED) is 0.890. The molecule has 2 rings (SSSR count). The lowest BCUT2D eigenvalue weighted by Gasteiger charge is -2.13. The number of pyridine rings is 1. The van der Waals surface area contributed by atoms with Gasteiger partial charge in [-0.3, -0.25) is 9.78 Å². The molecule has 0 aliphatic heterocycles. The van der Waals surface area contributed by atoms with Gasteiger partial charge < -0.3 is 5.32 Å². The summed E-state index contributed by atoms with van der Waals surface area (Å²) in [4.78, 5) is 16.3. The zero-order valence-corrected chi connectivity index (χ0v) is 11.5. The molecular formula is C16H20N2O. The molecule has 0 spiro atoms. The number of hydrogen-bond acceptors (Lipinski definition) is 2. The molecule has 0 aliphatic carbocycles. The number of fused-ring (bicyclic) bond motifs is 1. The van der Waals surface area contributed by atoms with Crippen molar-refractivity contribution in [1.29, 1.82) is 0 Å². The number of nitrogens with zero attached hydrogens (tertiary/aromatic N) is 1. The number of aromatic nitrogens is 1. The third kappa shape index (κ3) is 3.31. The van der Waals surface area contributed by atoms with E-state index in [2.05, 4.69) is 24.1 Å². The van der Waals surface area contributed by atoms with Gasteiger partial charge in [-0.05, 0) is 30.2 Å². The molecule has 19 heavy (non-hydrogen) atoms. The van der Waals surface area contributed by atoms with Crippen LogP contribution in [0.15, 0.2) is 36.5 Å². The van der Waals surface area contributed by atoms with Crippen LogP contribution in [0.4, 0.5) is 0 Å². The number of hydrogen-bond donors (Lipinski definition) is 1. The molecule has 0 bridgehead atoms. The summed E-state index contributed by atoms with van der Waals surface area (Å²) in [6.45, 7) is 5.06. The minimum atomic E-state index is -0.00217. The van der Waals surface area contributed by atoms with E-state index in [1.54, 1.807) is 6.20 Å². The summed E-state index contributed by atoms with van der Waals surface area (Å²) in [6.07, 6.45) is 3.95. The van der Waals surface area contributed by atoms with E-state index in [0.29, 0.717) is 11.5 Å². The van der Waals surface area contributed by atoms with Gasteiger partial charge in [-0.1, -0.05) is 32.8 Å². The molecule has 3 nitrogen and oxygen atoms in total. The van der Waals surface area contributed by atoms with Crippen LogP contribution in [-0.2, 0) is 0 Å². The van der Waals surface area contributed by atoms with Gasteiger partial charge in [-0.15, -0.1) is 0 Å².